The molecule has 6 nitrogen and oxygen atoms in total. The number of carbonyl (C=O) groups excluding carboxylic acids is 1. The van der Waals surface area contributed by atoms with Gasteiger partial charge in [0, 0.05) is 31.2 Å². The zero-order valence-electron chi connectivity index (χ0n) is 11.7. The molecule has 0 aromatic heterocycles. The number of nitrogens with one attached hydrogen (secondary N) is 1. The maximum Gasteiger partial charge on any atom is 0.333 e. The maximum absolute atomic E-state index is 11.3. The molecule has 1 N–H and O–H groups in total. The lowest BCUT2D eigenvalue weighted by Crippen LogP contribution is -2.44. The number of hydrogen-bond donors (Lipinski definition) is 1. The summed E-state index contributed by atoms with van der Waals surface area (Å²) in [7, 11) is -1.71. The summed E-state index contributed by atoms with van der Waals surface area (Å²) in [6.45, 7) is 3.40. The molecule has 0 bridgehead atoms. The second kappa shape index (κ2) is 7.02. The van der Waals surface area contributed by atoms with Gasteiger partial charge in [-0.25, -0.2) is 17.5 Å². The first-order chi connectivity index (χ1) is 8.84. The van der Waals surface area contributed by atoms with E-state index in [1.807, 2.05) is 0 Å². The second-order valence-electron chi connectivity index (χ2n) is 4.72. The zero-order valence-corrected chi connectivity index (χ0v) is 12.5. The van der Waals surface area contributed by atoms with Gasteiger partial charge in [0.05, 0.1) is 13.4 Å². The smallest absolute Gasteiger partial charge is 0.333 e. The number of nitrogens with zero attached hydrogens (tertiary/aromatic N) is 1. The molecule has 0 atom stereocenters. The highest BCUT2D eigenvalue weighted by molar-refractivity contribution is 7.88. The van der Waals surface area contributed by atoms with E-state index in [2.05, 4.69) is 10.1 Å². The van der Waals surface area contributed by atoms with Crippen molar-refractivity contribution in [2.75, 3.05) is 33.0 Å². The Kier molecular flexibility index (Phi) is 5.96. The standard InChI is InChI=1S/C12H22N2O4S/c1-10(12(15)18-2)4-7-13-11-5-8-14(9-6-11)19(3,16)17/h4,11,13H,5-9H2,1-3H3. The summed E-state index contributed by atoms with van der Waals surface area (Å²) in [6.07, 6.45) is 4.61. The highest BCUT2D eigenvalue weighted by Crippen LogP contribution is 2.12. The van der Waals surface area contributed by atoms with Crippen molar-refractivity contribution in [3.8, 4) is 0 Å². The second-order valence-corrected chi connectivity index (χ2v) is 6.71. The van der Waals surface area contributed by atoms with Gasteiger partial charge in [0.15, 0.2) is 0 Å². The van der Waals surface area contributed by atoms with E-state index in [0.717, 1.165) is 12.8 Å². The van der Waals surface area contributed by atoms with Crippen molar-refractivity contribution < 1.29 is 17.9 Å². The molecule has 19 heavy (non-hydrogen) atoms. The first-order valence-corrected chi connectivity index (χ1v) is 8.13. The lowest BCUT2D eigenvalue weighted by Gasteiger charge is -2.30. The molecular weight excluding hydrogens is 268 g/mol. The van der Waals surface area contributed by atoms with Crippen LogP contribution < -0.4 is 5.32 Å². The summed E-state index contributed by atoms with van der Waals surface area (Å²) >= 11 is 0. The molecule has 0 aromatic rings. The van der Waals surface area contributed by atoms with Crippen molar-refractivity contribution in [3.63, 3.8) is 0 Å². The van der Waals surface area contributed by atoms with Gasteiger partial charge < -0.3 is 10.1 Å². The molecule has 0 aliphatic carbocycles. The fourth-order valence-corrected chi connectivity index (χ4v) is 2.89. The van der Waals surface area contributed by atoms with Crippen LogP contribution in [0.2, 0.25) is 0 Å². The lowest BCUT2D eigenvalue weighted by molar-refractivity contribution is -0.136. The third-order valence-electron chi connectivity index (χ3n) is 3.25. The van der Waals surface area contributed by atoms with Crippen LogP contribution in [-0.2, 0) is 19.6 Å². The van der Waals surface area contributed by atoms with Crippen molar-refractivity contribution in [2.45, 2.75) is 25.8 Å². The number of hydrogen-bond acceptors (Lipinski definition) is 5. The number of piperidine rings is 1. The van der Waals surface area contributed by atoms with Crippen LogP contribution in [0.25, 0.3) is 0 Å². The summed E-state index contributed by atoms with van der Waals surface area (Å²) in [5.41, 5.74) is 0.573. The normalized spacial score (nSPS) is 19.4. The highest BCUT2D eigenvalue weighted by Gasteiger charge is 2.24. The Labute approximate surface area is 114 Å². The van der Waals surface area contributed by atoms with E-state index in [1.54, 1.807) is 13.0 Å². The molecular formula is C12H22N2O4S. The van der Waals surface area contributed by atoms with Gasteiger partial charge in [0.25, 0.3) is 0 Å². The van der Waals surface area contributed by atoms with E-state index < -0.39 is 10.0 Å². The van der Waals surface area contributed by atoms with Gasteiger partial charge in [-0.15, -0.1) is 0 Å². The van der Waals surface area contributed by atoms with Crippen LogP contribution in [0.15, 0.2) is 11.6 Å². The minimum Gasteiger partial charge on any atom is -0.466 e. The van der Waals surface area contributed by atoms with E-state index in [-0.39, 0.29) is 5.97 Å². The first-order valence-electron chi connectivity index (χ1n) is 6.28. The summed E-state index contributed by atoms with van der Waals surface area (Å²) < 4.78 is 28.8. The summed E-state index contributed by atoms with van der Waals surface area (Å²) in [4.78, 5) is 11.2. The average molecular weight is 290 g/mol. The van der Waals surface area contributed by atoms with Crippen LogP contribution in [0.5, 0.6) is 0 Å². The van der Waals surface area contributed by atoms with Gasteiger partial charge in [0.1, 0.15) is 0 Å². The van der Waals surface area contributed by atoms with Crippen LogP contribution in [0.3, 0.4) is 0 Å². The van der Waals surface area contributed by atoms with Gasteiger partial charge in [-0.3, -0.25) is 0 Å². The molecule has 1 rings (SSSR count). The predicted octanol–water partition coefficient (Wildman–Crippen LogP) is 0.119. The number of rotatable bonds is 5. The van der Waals surface area contributed by atoms with Crippen molar-refractivity contribution in [2.24, 2.45) is 0 Å². The van der Waals surface area contributed by atoms with E-state index in [1.165, 1.54) is 17.7 Å². The molecule has 1 aliphatic rings. The highest BCUT2D eigenvalue weighted by atomic mass is 32.2. The van der Waals surface area contributed by atoms with Crippen molar-refractivity contribution in [1.82, 2.24) is 9.62 Å². The molecule has 0 aromatic carbocycles. The molecule has 1 aliphatic heterocycles. The molecule has 0 amide bonds. The Balaban J connectivity index is 2.33. The maximum atomic E-state index is 11.3. The molecule has 0 spiro atoms. The first kappa shape index (κ1) is 16.1. The zero-order chi connectivity index (χ0) is 14.5. The van der Waals surface area contributed by atoms with E-state index >= 15 is 0 Å². The Morgan fingerprint density at radius 3 is 2.47 bits per heavy atom. The van der Waals surface area contributed by atoms with E-state index in [0.29, 0.717) is 31.2 Å². The van der Waals surface area contributed by atoms with Gasteiger partial charge in [-0.05, 0) is 19.8 Å². The van der Waals surface area contributed by atoms with Crippen LogP contribution in [0.4, 0.5) is 0 Å². The number of carbonyl (C=O) groups is 1. The number of sulfonamides is 1. The average Bonchev–Trinajstić information content (AvgIpc) is 2.37. The lowest BCUT2D eigenvalue weighted by atomic mass is 10.1. The molecule has 1 fully saturated rings. The molecule has 7 heteroatoms. The largest absolute Gasteiger partial charge is 0.466 e. The molecule has 1 heterocycles. The van der Waals surface area contributed by atoms with Crippen molar-refractivity contribution in [1.29, 1.82) is 0 Å². The minimum atomic E-state index is -3.07. The molecule has 0 saturated carbocycles. The summed E-state index contributed by atoms with van der Waals surface area (Å²) in [6, 6.07) is 0.291. The van der Waals surface area contributed by atoms with Gasteiger partial charge in [-0.1, -0.05) is 6.08 Å². The SMILES string of the molecule is COC(=O)C(C)=CCNC1CCN(S(C)(=O)=O)CC1. The summed E-state index contributed by atoms with van der Waals surface area (Å²) in [5.74, 6) is -0.325. The fraction of sp³-hybridized carbons (Fsp3) is 0.750. The molecule has 1 saturated heterocycles. The fourth-order valence-electron chi connectivity index (χ4n) is 2.01. The number of ether oxygens (including phenoxy) is 1. The van der Waals surface area contributed by atoms with E-state index in [9.17, 15) is 13.2 Å². The van der Waals surface area contributed by atoms with Crippen LogP contribution in [0, 0.1) is 0 Å². The third-order valence-corrected chi connectivity index (χ3v) is 4.55. The third kappa shape index (κ3) is 5.30. The van der Waals surface area contributed by atoms with E-state index in [4.69, 9.17) is 0 Å². The van der Waals surface area contributed by atoms with Crippen LogP contribution >= 0.6 is 0 Å². The number of esters is 1. The minimum absolute atomic E-state index is 0.291. The van der Waals surface area contributed by atoms with Crippen molar-refractivity contribution in [3.05, 3.63) is 11.6 Å². The van der Waals surface area contributed by atoms with Crippen LogP contribution in [-0.4, -0.2) is 57.7 Å². The van der Waals surface area contributed by atoms with Gasteiger partial charge >= 0.3 is 5.97 Å². The quantitative estimate of drug-likeness (QED) is 0.575. The topological polar surface area (TPSA) is 75.7 Å². The molecule has 110 valence electrons. The number of methoxy groups -OCH3 is 1. The Morgan fingerprint density at radius 1 is 1.42 bits per heavy atom. The van der Waals surface area contributed by atoms with Gasteiger partial charge in [0.2, 0.25) is 10.0 Å². The van der Waals surface area contributed by atoms with Gasteiger partial charge in [-0.2, -0.15) is 0 Å². The monoisotopic (exact) mass is 290 g/mol. The Morgan fingerprint density at radius 2 is 2.00 bits per heavy atom. The molecule has 0 radical (unpaired) electrons. The van der Waals surface area contributed by atoms with Crippen molar-refractivity contribution >= 4 is 16.0 Å². The Bertz CT molecular complexity index is 437. The predicted molar refractivity (Wildman–Crippen MR) is 73.2 cm³/mol. The Hall–Kier alpha value is -0.920. The molecule has 0 unspecified atom stereocenters. The summed E-state index contributed by atoms with van der Waals surface area (Å²) in [5, 5.41) is 3.30. The van der Waals surface area contributed by atoms with Crippen LogP contribution in [0.1, 0.15) is 19.8 Å².